The Morgan fingerprint density at radius 1 is 0.667 bits per heavy atom. The first-order valence-corrected chi connectivity index (χ1v) is 32.2. The molecule has 2 aliphatic heterocycles. The van der Waals surface area contributed by atoms with E-state index in [0.29, 0.717) is 18.4 Å². The molecule has 1 aromatic rings. The van der Waals surface area contributed by atoms with Crippen LogP contribution in [-0.4, -0.2) is 228 Å². The van der Waals surface area contributed by atoms with Crippen LogP contribution in [0.3, 0.4) is 0 Å². The van der Waals surface area contributed by atoms with E-state index in [9.17, 15) is 65.9 Å². The Bertz CT molecular complexity index is 2750. The van der Waals surface area contributed by atoms with E-state index in [2.05, 4.69) is 16.0 Å². The number of rotatable bonds is 11. The first-order chi connectivity index (χ1) is 41.9. The number of fused-ring (bicyclic) bond motifs is 1. The van der Waals surface area contributed by atoms with E-state index in [-0.39, 0.29) is 63.3 Å². The van der Waals surface area contributed by atoms with Crippen molar-refractivity contribution in [2.45, 2.75) is 206 Å². The summed E-state index contributed by atoms with van der Waals surface area (Å²) in [5.74, 6) is -7.95. The highest BCUT2D eigenvalue weighted by Gasteiger charge is 2.46. The summed E-state index contributed by atoms with van der Waals surface area (Å²) >= 11 is 6.10. The SMILES string of the molecule is CC[C@H](C)[C@@H]1NC(=O)[C@H](CC(C)C)N(C)C(=O)C[C@@H](C)N(C)C(=O)[C@H](C(C)C)N(C)C(=O)[C@@](C)(CC)NC(=O)C2CCCN2C(=O)[C@H](CCc2ccc(C(F)(F)F)c(Cl)c2)NC(=O)CN(C)C(=O)[C@H](CC2CCCCC2)N(C)C(=O)CN(C)C(=O)CN(C)C1=O. The molecule has 1 aromatic carbocycles. The Kier molecular flexibility index (Phi) is 28.0. The van der Waals surface area contributed by atoms with Gasteiger partial charge in [-0.15, -0.1) is 0 Å². The molecule has 9 atom stereocenters. The maximum Gasteiger partial charge on any atom is 0.417 e. The molecule has 2 heterocycles. The summed E-state index contributed by atoms with van der Waals surface area (Å²) in [5.41, 5.74) is -2.42. The van der Waals surface area contributed by atoms with Crippen molar-refractivity contribution in [3.8, 4) is 0 Å². The van der Waals surface area contributed by atoms with Gasteiger partial charge in [-0.25, -0.2) is 0 Å². The smallest absolute Gasteiger partial charge is 0.343 e. The number of hydrogen-bond donors (Lipinski definition) is 3. The fraction of sp³-hybridized carbons (Fsp3) is 0.734. The normalized spacial score (nSPS) is 26.8. The number of carbonyl (C=O) groups is 11. The second-order valence-electron chi connectivity index (χ2n) is 26.4. The number of carbonyl (C=O) groups excluding carboxylic acids is 11. The van der Waals surface area contributed by atoms with E-state index in [1.54, 1.807) is 34.6 Å². The van der Waals surface area contributed by atoms with Gasteiger partial charge in [0.1, 0.15) is 41.8 Å². The average Bonchev–Trinajstić information content (AvgIpc) is 1.32. The average molecular weight is 1290 g/mol. The third-order valence-corrected chi connectivity index (χ3v) is 18.9. The summed E-state index contributed by atoms with van der Waals surface area (Å²) < 4.78 is 41.2. The summed E-state index contributed by atoms with van der Waals surface area (Å²) in [5, 5.41) is 7.91. The van der Waals surface area contributed by atoms with Gasteiger partial charge in [-0.3, -0.25) is 52.7 Å². The van der Waals surface area contributed by atoms with Crippen molar-refractivity contribution in [2.24, 2.45) is 23.7 Å². The fourth-order valence-electron chi connectivity index (χ4n) is 12.2. The Labute approximate surface area is 535 Å². The van der Waals surface area contributed by atoms with E-state index in [4.69, 9.17) is 11.6 Å². The monoisotopic (exact) mass is 1290 g/mol. The minimum absolute atomic E-state index is 0.0305. The second-order valence-corrected chi connectivity index (χ2v) is 26.8. The van der Waals surface area contributed by atoms with Gasteiger partial charge < -0.3 is 55.1 Å². The number of benzene rings is 1. The van der Waals surface area contributed by atoms with Crippen molar-refractivity contribution in [1.82, 2.24) is 55.1 Å². The Hall–Kier alpha value is -6.53. The van der Waals surface area contributed by atoms with Crippen molar-refractivity contribution < 1.29 is 65.9 Å². The van der Waals surface area contributed by atoms with Gasteiger partial charge in [-0.05, 0) is 100 Å². The van der Waals surface area contributed by atoms with Gasteiger partial charge in [0.25, 0.3) is 0 Å². The Balaban J connectivity index is 1.81. The van der Waals surface area contributed by atoms with Crippen LogP contribution in [0.1, 0.15) is 157 Å². The number of likely N-dealkylation sites (N-methyl/N-ethyl adjacent to an activating group) is 7. The largest absolute Gasteiger partial charge is 0.417 e. The molecule has 506 valence electrons. The van der Waals surface area contributed by atoms with Gasteiger partial charge in [-0.1, -0.05) is 105 Å². The zero-order valence-corrected chi connectivity index (χ0v) is 56.6. The molecular formula is C64H101ClF3N11O11. The van der Waals surface area contributed by atoms with Crippen molar-refractivity contribution in [2.75, 3.05) is 75.5 Å². The number of alkyl halides is 3. The van der Waals surface area contributed by atoms with Crippen molar-refractivity contribution in [1.29, 1.82) is 0 Å². The molecule has 0 radical (unpaired) electrons. The van der Waals surface area contributed by atoms with Crippen LogP contribution in [0.4, 0.5) is 13.2 Å². The summed E-state index contributed by atoms with van der Waals surface area (Å²) in [6.07, 6.45) is 0.500. The minimum Gasteiger partial charge on any atom is -0.343 e. The first-order valence-electron chi connectivity index (χ1n) is 31.8. The number of amides is 11. The maximum absolute atomic E-state index is 14.9. The van der Waals surface area contributed by atoms with Crippen LogP contribution in [0.5, 0.6) is 0 Å². The van der Waals surface area contributed by atoms with Gasteiger partial charge in [0.2, 0.25) is 65.0 Å². The lowest BCUT2D eigenvalue weighted by Crippen LogP contribution is -2.64. The van der Waals surface area contributed by atoms with Gasteiger partial charge in [0.15, 0.2) is 0 Å². The number of nitrogens with zero attached hydrogens (tertiary/aromatic N) is 8. The molecule has 0 aromatic heterocycles. The van der Waals surface area contributed by atoms with E-state index < -0.39 is 161 Å². The van der Waals surface area contributed by atoms with E-state index >= 15 is 0 Å². The van der Waals surface area contributed by atoms with Crippen LogP contribution in [0.15, 0.2) is 18.2 Å². The predicted molar refractivity (Wildman–Crippen MR) is 335 cm³/mol. The summed E-state index contributed by atoms with van der Waals surface area (Å²) in [4.78, 5) is 169. The lowest BCUT2D eigenvalue weighted by Gasteiger charge is -2.40. The molecular weight excluding hydrogens is 1190 g/mol. The highest BCUT2D eigenvalue weighted by Crippen LogP contribution is 2.36. The topological polar surface area (TPSA) is 250 Å². The Morgan fingerprint density at radius 3 is 1.83 bits per heavy atom. The van der Waals surface area contributed by atoms with Gasteiger partial charge in [0, 0.05) is 68.3 Å². The van der Waals surface area contributed by atoms with Crippen LogP contribution in [-0.2, 0) is 65.3 Å². The predicted octanol–water partition coefficient (Wildman–Crippen LogP) is 5.36. The van der Waals surface area contributed by atoms with Gasteiger partial charge in [0.05, 0.1) is 30.2 Å². The van der Waals surface area contributed by atoms with Gasteiger partial charge >= 0.3 is 6.18 Å². The molecule has 0 bridgehead atoms. The minimum atomic E-state index is -4.75. The molecule has 1 aliphatic carbocycles. The molecule has 1 saturated carbocycles. The lowest BCUT2D eigenvalue weighted by atomic mass is 9.84. The number of aryl methyl sites for hydroxylation is 1. The van der Waals surface area contributed by atoms with E-state index in [1.807, 2.05) is 20.8 Å². The van der Waals surface area contributed by atoms with Crippen LogP contribution in [0.25, 0.3) is 0 Å². The standard InChI is InChI=1S/C64H101ClF3N11O11/c1-17-40(7)54-60(88)74(12)36-52(82)72(10)37-53(83)77(15)49(34-42-23-20-19-21-24-42)59(87)73(11)35-50(80)69-46(29-27-43-26-28-44(45(65)33-43)64(66,67)68)58(86)79-30-22-25-47(79)57(85)71-63(9,18-2)62(90)78(16)55(39(5)6)61(89)75(13)41(8)32-51(81)76(14)48(31-38(3)4)56(84)70-54/h26,28,33,38-42,46-49,54-55H,17-25,27,29-32,34-37H2,1-16H3,(H,69,80)(H,70,84)(H,71,85)/t40-,41+,46-,47?,48-,49-,54-,55-,63+/m0/s1. The zero-order valence-electron chi connectivity index (χ0n) is 55.9. The molecule has 22 nitrogen and oxygen atoms in total. The molecule has 11 amide bonds. The van der Waals surface area contributed by atoms with Crippen LogP contribution >= 0.6 is 11.6 Å². The van der Waals surface area contributed by atoms with Crippen LogP contribution in [0, 0.1) is 23.7 Å². The quantitative estimate of drug-likeness (QED) is 0.254. The maximum atomic E-state index is 14.9. The molecule has 90 heavy (non-hydrogen) atoms. The molecule has 4 rings (SSSR count). The third-order valence-electron chi connectivity index (χ3n) is 18.6. The summed E-state index contributed by atoms with van der Waals surface area (Å²) in [6.45, 7) is 14.1. The molecule has 1 unspecified atom stereocenters. The van der Waals surface area contributed by atoms with Crippen molar-refractivity contribution in [3.05, 3.63) is 34.3 Å². The number of nitrogens with one attached hydrogen (secondary N) is 3. The van der Waals surface area contributed by atoms with Crippen molar-refractivity contribution >= 4 is 76.6 Å². The molecule has 26 heteroatoms. The number of halogens is 4. The second kappa shape index (κ2) is 33.2. The Morgan fingerprint density at radius 2 is 1.27 bits per heavy atom. The fourth-order valence-corrected chi connectivity index (χ4v) is 12.5. The number of hydrogen-bond acceptors (Lipinski definition) is 11. The van der Waals surface area contributed by atoms with Gasteiger partial charge in [-0.2, -0.15) is 13.2 Å². The van der Waals surface area contributed by atoms with Crippen LogP contribution in [0.2, 0.25) is 5.02 Å². The molecule has 2 saturated heterocycles. The molecule has 3 fully saturated rings. The zero-order chi connectivity index (χ0) is 68.0. The molecule has 0 spiro atoms. The lowest BCUT2D eigenvalue weighted by molar-refractivity contribution is -0.152. The highest BCUT2D eigenvalue weighted by molar-refractivity contribution is 6.31. The molecule has 3 aliphatic rings. The van der Waals surface area contributed by atoms with Crippen molar-refractivity contribution in [3.63, 3.8) is 0 Å². The van der Waals surface area contributed by atoms with Crippen LogP contribution < -0.4 is 16.0 Å². The molecule has 3 N–H and O–H groups in total. The van der Waals surface area contributed by atoms with E-state index in [1.165, 1.54) is 86.8 Å². The van der Waals surface area contributed by atoms with E-state index in [0.717, 1.165) is 58.9 Å². The first kappa shape index (κ1) is 75.9. The third kappa shape index (κ3) is 19.7. The highest BCUT2D eigenvalue weighted by atomic mass is 35.5. The summed E-state index contributed by atoms with van der Waals surface area (Å²) in [6, 6.07) is -4.64. The summed E-state index contributed by atoms with van der Waals surface area (Å²) in [7, 11) is 10.0.